The molecule has 0 radical (unpaired) electrons. The Kier molecular flexibility index (Phi) is 6.01. The summed E-state index contributed by atoms with van der Waals surface area (Å²) in [5, 5.41) is 25.2. The van der Waals surface area contributed by atoms with Crippen molar-refractivity contribution in [2.45, 2.75) is 43.3 Å². The molecule has 1 heterocycles. The van der Waals surface area contributed by atoms with Crippen molar-refractivity contribution in [1.29, 1.82) is 5.26 Å². The van der Waals surface area contributed by atoms with Crippen LogP contribution in [0.2, 0.25) is 0 Å². The number of phenols is 1. The van der Waals surface area contributed by atoms with Gasteiger partial charge in [0.2, 0.25) is 5.96 Å². The number of guanidine groups is 1. The zero-order chi connectivity index (χ0) is 21.8. The molecule has 2 atom stereocenters. The van der Waals surface area contributed by atoms with Crippen LogP contribution in [0.25, 0.3) is 0 Å². The van der Waals surface area contributed by atoms with E-state index >= 15 is 0 Å². The van der Waals surface area contributed by atoms with Crippen LogP contribution in [-0.2, 0) is 12.8 Å². The number of likely N-dealkylation sites (N-methyl/N-ethyl adjacent to an activating group) is 1. The average Bonchev–Trinajstić information content (AvgIpc) is 3.53. The maximum absolute atomic E-state index is 9.58. The van der Waals surface area contributed by atoms with Crippen LogP contribution in [0, 0.1) is 11.5 Å². The smallest absolute Gasteiger partial charge is 0.205 e. The van der Waals surface area contributed by atoms with Crippen LogP contribution in [0.3, 0.4) is 0 Å². The van der Waals surface area contributed by atoms with Crippen LogP contribution in [0.1, 0.15) is 24.0 Å². The molecule has 0 spiro atoms. The van der Waals surface area contributed by atoms with Crippen molar-refractivity contribution in [3.8, 4) is 17.7 Å². The van der Waals surface area contributed by atoms with E-state index in [0.717, 1.165) is 42.6 Å². The normalized spacial score (nSPS) is 20.2. The first-order valence-electron chi connectivity index (χ1n) is 10.7. The first-order chi connectivity index (χ1) is 15.0. The van der Waals surface area contributed by atoms with Gasteiger partial charge in [0.05, 0.1) is 11.6 Å². The molecule has 0 bridgehead atoms. The van der Waals surface area contributed by atoms with Crippen LogP contribution in [-0.4, -0.2) is 54.3 Å². The predicted molar refractivity (Wildman–Crippen MR) is 120 cm³/mol. The molecular formula is C24H29N5O2. The van der Waals surface area contributed by atoms with Crippen LogP contribution in [0.4, 0.5) is 0 Å². The molecule has 1 saturated carbocycles. The molecule has 7 nitrogen and oxygen atoms in total. The Labute approximate surface area is 183 Å². The molecule has 1 aliphatic heterocycles. The van der Waals surface area contributed by atoms with Gasteiger partial charge in [-0.15, -0.1) is 0 Å². The van der Waals surface area contributed by atoms with Gasteiger partial charge in [-0.05, 0) is 62.7 Å². The molecule has 2 aromatic carbocycles. The minimum atomic E-state index is -0.155. The van der Waals surface area contributed by atoms with Gasteiger partial charge in [-0.2, -0.15) is 5.26 Å². The van der Waals surface area contributed by atoms with Crippen LogP contribution < -0.4 is 15.4 Å². The van der Waals surface area contributed by atoms with Crippen LogP contribution >= 0.6 is 0 Å². The van der Waals surface area contributed by atoms with Gasteiger partial charge in [0.25, 0.3) is 0 Å². The number of nitriles is 1. The second-order valence-corrected chi connectivity index (χ2v) is 8.62. The fourth-order valence-electron chi connectivity index (χ4n) is 4.37. The van der Waals surface area contributed by atoms with E-state index in [0.29, 0.717) is 12.6 Å². The fourth-order valence-corrected chi connectivity index (χ4v) is 4.37. The monoisotopic (exact) mass is 419 g/mol. The molecule has 4 rings (SSSR count). The number of aromatic hydroxyl groups is 1. The number of nitrogens with one attached hydrogen (secondary N) is 2. The largest absolute Gasteiger partial charge is 0.508 e. The maximum atomic E-state index is 9.58. The third-order valence-electron chi connectivity index (χ3n) is 6.13. The number of nitrogens with zero attached hydrogens (tertiary/aromatic N) is 3. The summed E-state index contributed by atoms with van der Waals surface area (Å²) >= 11 is 0. The quantitative estimate of drug-likeness (QED) is 0.288. The Balaban J connectivity index is 1.50. The highest BCUT2D eigenvalue weighted by molar-refractivity contribution is 5.82. The number of rotatable bonds is 6. The molecule has 2 unspecified atom stereocenters. The Morgan fingerprint density at radius 1 is 1.26 bits per heavy atom. The van der Waals surface area contributed by atoms with E-state index < -0.39 is 0 Å². The third-order valence-corrected chi connectivity index (χ3v) is 6.13. The van der Waals surface area contributed by atoms with E-state index in [1.54, 1.807) is 12.1 Å². The number of benzene rings is 2. The molecule has 1 fully saturated rings. The molecule has 2 aliphatic rings. The first-order valence-corrected chi connectivity index (χ1v) is 10.7. The lowest BCUT2D eigenvalue weighted by molar-refractivity contribution is 0.225. The highest BCUT2D eigenvalue weighted by Crippen LogP contribution is 2.42. The van der Waals surface area contributed by atoms with E-state index in [-0.39, 0.29) is 23.4 Å². The Bertz CT molecular complexity index is 976. The summed E-state index contributed by atoms with van der Waals surface area (Å²) in [6, 6.07) is 15.5. The molecule has 7 heteroatoms. The summed E-state index contributed by atoms with van der Waals surface area (Å²) in [7, 11) is 4.15. The molecule has 162 valence electrons. The number of hydrogen-bond donors (Lipinski definition) is 3. The van der Waals surface area contributed by atoms with E-state index in [9.17, 15) is 10.4 Å². The number of hydrogen-bond acceptors (Lipinski definition) is 5. The average molecular weight is 420 g/mol. The van der Waals surface area contributed by atoms with Crippen molar-refractivity contribution in [2.24, 2.45) is 4.99 Å². The van der Waals surface area contributed by atoms with Gasteiger partial charge in [0, 0.05) is 12.5 Å². The highest BCUT2D eigenvalue weighted by Gasteiger charge is 2.51. The molecular weight excluding hydrogens is 390 g/mol. The standard InChI is InChI=1S/C24H29N5O2/c1-29(2)22(13-17-7-9-20(30)10-8-17)24(11-12-24)28-23(26-16-25)27-19-14-18-5-3-4-6-21(18)31-15-19/h3-10,19,22,30H,11-15H2,1-2H3,(H2,26,27,28). The fraction of sp³-hybridized carbons (Fsp3) is 0.417. The molecule has 2 aromatic rings. The van der Waals surface area contributed by atoms with Gasteiger partial charge in [0.15, 0.2) is 6.19 Å². The van der Waals surface area contributed by atoms with Crippen molar-refractivity contribution >= 4 is 5.96 Å². The number of phenolic OH excluding ortho intramolecular Hbond substituents is 1. The molecule has 0 aromatic heterocycles. The molecule has 1 aliphatic carbocycles. The Hall–Kier alpha value is -3.24. The third kappa shape index (κ3) is 4.92. The molecule has 31 heavy (non-hydrogen) atoms. The predicted octanol–water partition coefficient (Wildman–Crippen LogP) is 2.42. The van der Waals surface area contributed by atoms with E-state index in [4.69, 9.17) is 9.73 Å². The summed E-state index contributed by atoms with van der Waals surface area (Å²) in [4.78, 5) is 7.02. The SMILES string of the molecule is CN(C)C(Cc1ccc(O)cc1)C1(NC(=NC2COc3ccccc3C2)NC#N)CC1. The summed E-state index contributed by atoms with van der Waals surface area (Å²) in [6.07, 6.45) is 5.65. The van der Waals surface area contributed by atoms with Gasteiger partial charge >= 0.3 is 0 Å². The topological polar surface area (TPSA) is 92.9 Å². The van der Waals surface area contributed by atoms with Crippen molar-refractivity contribution < 1.29 is 9.84 Å². The zero-order valence-electron chi connectivity index (χ0n) is 18.0. The summed E-state index contributed by atoms with van der Waals surface area (Å²) in [5.74, 6) is 1.69. The Morgan fingerprint density at radius 2 is 2.00 bits per heavy atom. The van der Waals surface area contributed by atoms with Crippen LogP contribution in [0.5, 0.6) is 11.5 Å². The van der Waals surface area contributed by atoms with Gasteiger partial charge in [0.1, 0.15) is 18.1 Å². The lowest BCUT2D eigenvalue weighted by Crippen LogP contribution is -2.55. The van der Waals surface area contributed by atoms with E-state index in [2.05, 4.69) is 35.7 Å². The highest BCUT2D eigenvalue weighted by atomic mass is 16.5. The van der Waals surface area contributed by atoms with Crippen molar-refractivity contribution in [3.05, 3.63) is 59.7 Å². The number of ether oxygens (including phenoxy) is 1. The van der Waals surface area contributed by atoms with Crippen molar-refractivity contribution in [2.75, 3.05) is 20.7 Å². The summed E-state index contributed by atoms with van der Waals surface area (Å²) in [5.41, 5.74) is 2.14. The van der Waals surface area contributed by atoms with Gasteiger partial charge < -0.3 is 20.1 Å². The second-order valence-electron chi connectivity index (χ2n) is 8.62. The minimum absolute atomic E-state index is 0.0519. The van der Waals surface area contributed by atoms with Gasteiger partial charge in [-0.3, -0.25) is 5.32 Å². The lowest BCUT2D eigenvalue weighted by atomic mass is 9.96. The minimum Gasteiger partial charge on any atom is -0.508 e. The first kappa shape index (κ1) is 21.0. The summed E-state index contributed by atoms with van der Waals surface area (Å²) in [6.45, 7) is 0.493. The second kappa shape index (κ2) is 8.86. The zero-order valence-corrected chi connectivity index (χ0v) is 18.0. The van der Waals surface area contributed by atoms with Crippen molar-refractivity contribution in [3.63, 3.8) is 0 Å². The molecule has 0 saturated heterocycles. The number of para-hydroxylation sites is 1. The summed E-state index contributed by atoms with van der Waals surface area (Å²) < 4.78 is 5.86. The van der Waals surface area contributed by atoms with Crippen molar-refractivity contribution in [1.82, 2.24) is 15.5 Å². The van der Waals surface area contributed by atoms with Gasteiger partial charge in [-0.1, -0.05) is 30.3 Å². The van der Waals surface area contributed by atoms with Crippen LogP contribution in [0.15, 0.2) is 53.5 Å². The number of aliphatic imine (C=N–C) groups is 1. The number of fused-ring (bicyclic) bond motifs is 1. The van der Waals surface area contributed by atoms with E-state index in [1.807, 2.05) is 36.5 Å². The van der Waals surface area contributed by atoms with E-state index in [1.165, 1.54) is 0 Å². The Morgan fingerprint density at radius 3 is 2.68 bits per heavy atom. The maximum Gasteiger partial charge on any atom is 0.205 e. The molecule has 3 N–H and O–H groups in total. The lowest BCUT2D eigenvalue weighted by Gasteiger charge is -2.34. The van der Waals surface area contributed by atoms with Gasteiger partial charge in [-0.25, -0.2) is 4.99 Å². The molecule has 0 amide bonds.